The Bertz CT molecular complexity index is 310. The van der Waals surface area contributed by atoms with Crippen LogP contribution in [0, 0.1) is 0 Å². The van der Waals surface area contributed by atoms with Crippen LogP contribution in [-0.4, -0.2) is 50.1 Å². The van der Waals surface area contributed by atoms with Gasteiger partial charge >= 0.3 is 11.9 Å². The number of hydrogen-bond donors (Lipinski definition) is 2. The van der Waals surface area contributed by atoms with E-state index in [1.54, 1.807) is 0 Å². The fourth-order valence-electron chi connectivity index (χ4n) is 1.47. The molecular weight excluding hydrogens is 268 g/mol. The van der Waals surface area contributed by atoms with E-state index in [0.29, 0.717) is 0 Å². The molecule has 20 heavy (non-hydrogen) atoms. The van der Waals surface area contributed by atoms with Crippen LogP contribution in [0.25, 0.3) is 0 Å². The van der Waals surface area contributed by atoms with Gasteiger partial charge < -0.3 is 20.1 Å². The first-order valence-electron chi connectivity index (χ1n) is 6.42. The van der Waals surface area contributed by atoms with Crippen LogP contribution in [0.4, 0.5) is 0 Å². The van der Waals surface area contributed by atoms with Crippen LogP contribution in [0.15, 0.2) is 0 Å². The van der Waals surface area contributed by atoms with Gasteiger partial charge in [0.1, 0.15) is 13.2 Å². The topological polar surface area (TPSA) is 111 Å². The summed E-state index contributed by atoms with van der Waals surface area (Å²) in [5.74, 6) is -1.60. The predicted octanol–water partition coefficient (Wildman–Crippen LogP) is -1.12. The summed E-state index contributed by atoms with van der Waals surface area (Å²) >= 11 is 0. The lowest BCUT2D eigenvalue weighted by atomic mass is 10.3. The Morgan fingerprint density at radius 1 is 0.650 bits per heavy atom. The van der Waals surface area contributed by atoms with Gasteiger partial charge in [0.25, 0.3) is 0 Å². The predicted molar refractivity (Wildman–Crippen MR) is 66.4 cm³/mol. The van der Waals surface area contributed by atoms with Gasteiger partial charge in [0.2, 0.25) is 11.8 Å². The second kappa shape index (κ2) is 8.89. The van der Waals surface area contributed by atoms with Crippen molar-refractivity contribution >= 4 is 23.8 Å². The molecule has 0 atom stereocenters. The molecule has 0 aliphatic carbocycles. The quantitative estimate of drug-likeness (QED) is 0.546. The van der Waals surface area contributed by atoms with Crippen LogP contribution in [0.3, 0.4) is 0 Å². The lowest BCUT2D eigenvalue weighted by molar-refractivity contribution is -0.153. The largest absolute Gasteiger partial charge is 0.462 e. The van der Waals surface area contributed by atoms with E-state index in [4.69, 9.17) is 9.47 Å². The third-order valence-electron chi connectivity index (χ3n) is 2.49. The van der Waals surface area contributed by atoms with Crippen molar-refractivity contribution < 1.29 is 28.7 Å². The first kappa shape index (κ1) is 15.9. The summed E-state index contributed by atoms with van der Waals surface area (Å²) in [5.41, 5.74) is 0. The van der Waals surface area contributed by atoms with Crippen molar-refractivity contribution in [3.05, 3.63) is 0 Å². The number of rotatable bonds is 0. The molecule has 1 aliphatic rings. The minimum absolute atomic E-state index is 0.0204. The molecule has 0 unspecified atom stereocenters. The summed E-state index contributed by atoms with van der Waals surface area (Å²) in [6.07, 6.45) is -0.0303. The smallest absolute Gasteiger partial charge is 0.306 e. The molecule has 1 aliphatic heterocycles. The normalized spacial score (nSPS) is 20.4. The molecule has 0 aromatic heterocycles. The number of nitrogens with one attached hydrogen (secondary N) is 2. The summed E-state index contributed by atoms with van der Waals surface area (Å²) in [7, 11) is 0. The summed E-state index contributed by atoms with van der Waals surface area (Å²) < 4.78 is 9.57. The minimum Gasteiger partial charge on any atom is -0.462 e. The summed E-state index contributed by atoms with van der Waals surface area (Å²) in [6.45, 7) is 0.422. The number of ether oxygens (including phenoxy) is 2. The van der Waals surface area contributed by atoms with Gasteiger partial charge in [0, 0.05) is 25.9 Å². The van der Waals surface area contributed by atoms with Crippen LogP contribution < -0.4 is 10.6 Å². The Hall–Kier alpha value is -2.12. The molecule has 0 spiro atoms. The molecule has 112 valence electrons. The molecule has 0 aromatic rings. The Morgan fingerprint density at radius 2 is 1.05 bits per heavy atom. The second-order valence-corrected chi connectivity index (χ2v) is 4.14. The summed E-state index contributed by atoms with van der Waals surface area (Å²) in [5, 5.41) is 5.12. The maximum atomic E-state index is 11.3. The van der Waals surface area contributed by atoms with Gasteiger partial charge in [-0.3, -0.25) is 19.2 Å². The lowest BCUT2D eigenvalue weighted by Crippen LogP contribution is -2.35. The zero-order valence-corrected chi connectivity index (χ0v) is 11.1. The summed E-state index contributed by atoms with van der Waals surface area (Å²) in [6, 6.07) is 0. The van der Waals surface area contributed by atoms with Crippen LogP contribution in [0.5, 0.6) is 0 Å². The van der Waals surface area contributed by atoms with E-state index in [0.717, 1.165) is 0 Å². The molecule has 0 saturated carbocycles. The number of hydrogen-bond acceptors (Lipinski definition) is 6. The highest BCUT2D eigenvalue weighted by Gasteiger charge is 2.11. The zero-order valence-electron chi connectivity index (χ0n) is 11.1. The fourth-order valence-corrected chi connectivity index (χ4v) is 1.47. The monoisotopic (exact) mass is 286 g/mol. The maximum Gasteiger partial charge on any atom is 0.306 e. The maximum absolute atomic E-state index is 11.3. The average molecular weight is 286 g/mol. The van der Waals surface area contributed by atoms with Crippen molar-refractivity contribution in [3.63, 3.8) is 0 Å². The van der Waals surface area contributed by atoms with Crippen LogP contribution in [-0.2, 0) is 28.7 Å². The van der Waals surface area contributed by atoms with Crippen molar-refractivity contribution in [2.75, 3.05) is 26.3 Å². The highest BCUT2D eigenvalue weighted by Crippen LogP contribution is 1.96. The number of amides is 2. The van der Waals surface area contributed by atoms with Gasteiger partial charge in [-0.25, -0.2) is 0 Å². The van der Waals surface area contributed by atoms with E-state index in [2.05, 4.69) is 10.6 Å². The third-order valence-corrected chi connectivity index (χ3v) is 2.49. The first-order chi connectivity index (χ1) is 9.58. The van der Waals surface area contributed by atoms with Gasteiger partial charge in [-0.15, -0.1) is 0 Å². The van der Waals surface area contributed by atoms with Gasteiger partial charge in [-0.1, -0.05) is 0 Å². The minimum atomic E-state index is -0.517. The Kier molecular flexibility index (Phi) is 7.08. The van der Waals surface area contributed by atoms with Crippen LogP contribution >= 0.6 is 0 Å². The van der Waals surface area contributed by atoms with Crippen molar-refractivity contribution in [2.24, 2.45) is 0 Å². The van der Waals surface area contributed by atoms with E-state index in [9.17, 15) is 19.2 Å². The highest BCUT2D eigenvalue weighted by molar-refractivity contribution is 5.82. The number of carbonyl (C=O) groups is 4. The molecule has 1 rings (SSSR count). The highest BCUT2D eigenvalue weighted by atomic mass is 16.6. The molecule has 8 nitrogen and oxygen atoms in total. The Balaban J connectivity index is 2.41. The molecule has 1 heterocycles. The van der Waals surface area contributed by atoms with E-state index in [1.807, 2.05) is 0 Å². The van der Waals surface area contributed by atoms with Crippen molar-refractivity contribution in [1.29, 1.82) is 0 Å². The number of cyclic esters (lactones) is 2. The molecule has 0 radical (unpaired) electrons. The van der Waals surface area contributed by atoms with Crippen LogP contribution in [0.2, 0.25) is 0 Å². The van der Waals surface area contributed by atoms with Gasteiger partial charge in [0.15, 0.2) is 0 Å². The average Bonchev–Trinajstić information content (AvgIpc) is 2.42. The van der Waals surface area contributed by atoms with E-state index in [1.165, 1.54) is 0 Å². The Morgan fingerprint density at radius 3 is 1.45 bits per heavy atom. The molecule has 1 fully saturated rings. The second-order valence-electron chi connectivity index (χ2n) is 4.14. The molecule has 2 amide bonds. The van der Waals surface area contributed by atoms with Crippen molar-refractivity contribution in [1.82, 2.24) is 10.6 Å². The van der Waals surface area contributed by atoms with E-state index < -0.39 is 11.9 Å². The van der Waals surface area contributed by atoms with Crippen molar-refractivity contribution in [2.45, 2.75) is 25.7 Å². The molecule has 0 bridgehead atoms. The first-order valence-corrected chi connectivity index (χ1v) is 6.42. The lowest BCUT2D eigenvalue weighted by Gasteiger charge is -2.09. The van der Waals surface area contributed by atoms with Gasteiger partial charge in [-0.05, 0) is 0 Å². The van der Waals surface area contributed by atoms with E-state index >= 15 is 0 Å². The zero-order chi connectivity index (χ0) is 14.8. The van der Waals surface area contributed by atoms with Crippen LogP contribution in [0.1, 0.15) is 25.7 Å². The molecule has 1 saturated heterocycles. The standard InChI is InChI=1S/C12H18N2O6/c15-9-1-3-11(17)19-7-8-20-12(18)4-2-10(16)14-6-5-13-9/h1-8H2,(H,13,15)(H,14,16). The molecule has 0 aromatic carbocycles. The molecule has 2 N–H and O–H groups in total. The van der Waals surface area contributed by atoms with Crippen molar-refractivity contribution in [3.8, 4) is 0 Å². The number of esters is 2. The fraction of sp³-hybridized carbons (Fsp3) is 0.667. The van der Waals surface area contributed by atoms with Gasteiger partial charge in [-0.2, -0.15) is 0 Å². The molecular formula is C12H18N2O6. The van der Waals surface area contributed by atoms with Gasteiger partial charge in [0.05, 0.1) is 12.8 Å². The number of carbonyl (C=O) groups excluding carboxylic acids is 4. The molecule has 8 heteroatoms. The third kappa shape index (κ3) is 7.34. The summed E-state index contributed by atoms with van der Waals surface area (Å²) in [4.78, 5) is 45.2. The van der Waals surface area contributed by atoms with E-state index in [-0.39, 0.29) is 63.8 Å². The Labute approximate surface area is 116 Å². The SMILES string of the molecule is O=C1CCC(=O)OCCOC(=O)CCC(=O)NCCN1.